The van der Waals surface area contributed by atoms with Crippen LogP contribution in [0.15, 0.2) is 78.0 Å². The first kappa shape index (κ1) is 21.4. The van der Waals surface area contributed by atoms with E-state index in [9.17, 15) is 9.59 Å². The molecule has 2 aliphatic rings. The summed E-state index contributed by atoms with van der Waals surface area (Å²) < 4.78 is 0. The Labute approximate surface area is 197 Å². The number of aromatic nitrogens is 1. The molecule has 2 atom stereocenters. The lowest BCUT2D eigenvalue weighted by atomic mass is 9.68. The minimum Gasteiger partial charge on any atom is -0.294 e. The third kappa shape index (κ3) is 4.14. The van der Waals surface area contributed by atoms with Crippen LogP contribution >= 0.6 is 23.4 Å². The fourth-order valence-corrected chi connectivity index (χ4v) is 6.62. The van der Waals surface area contributed by atoms with Gasteiger partial charge in [-0.1, -0.05) is 65.8 Å². The van der Waals surface area contributed by atoms with Gasteiger partial charge < -0.3 is 0 Å². The van der Waals surface area contributed by atoms with Crippen molar-refractivity contribution in [2.24, 2.45) is 11.8 Å². The van der Waals surface area contributed by atoms with Crippen molar-refractivity contribution in [2.75, 3.05) is 0 Å². The summed E-state index contributed by atoms with van der Waals surface area (Å²) >= 11 is 7.50. The number of fused-ring (bicyclic) bond motifs is 1. The molecule has 1 fully saturated rings. The van der Waals surface area contributed by atoms with E-state index in [2.05, 4.69) is 17.1 Å². The van der Waals surface area contributed by atoms with Crippen molar-refractivity contribution in [2.45, 2.75) is 41.9 Å². The molecule has 3 nitrogen and oxygen atoms in total. The van der Waals surface area contributed by atoms with E-state index in [4.69, 9.17) is 11.6 Å². The van der Waals surface area contributed by atoms with Gasteiger partial charge in [0.25, 0.3) is 0 Å². The molecule has 2 aromatic carbocycles. The zero-order valence-corrected chi connectivity index (χ0v) is 19.2. The maximum atomic E-state index is 13.7. The largest absolute Gasteiger partial charge is 0.294 e. The number of halogens is 1. The Morgan fingerprint density at radius 3 is 2.09 bits per heavy atom. The monoisotopic (exact) mass is 461 g/mol. The molecule has 1 saturated carbocycles. The van der Waals surface area contributed by atoms with E-state index in [0.717, 1.165) is 35.7 Å². The van der Waals surface area contributed by atoms with Gasteiger partial charge in [-0.15, -0.1) is 0 Å². The lowest BCUT2D eigenvalue weighted by Gasteiger charge is -2.39. The molecule has 3 aromatic rings. The van der Waals surface area contributed by atoms with Crippen molar-refractivity contribution >= 4 is 34.9 Å². The zero-order chi connectivity index (χ0) is 22.1. The normalized spacial score (nSPS) is 25.4. The van der Waals surface area contributed by atoms with Gasteiger partial charge in [0, 0.05) is 28.3 Å². The number of carbonyl (C=O) groups is 2. The molecule has 0 bridgehead atoms. The van der Waals surface area contributed by atoms with Gasteiger partial charge in [0.15, 0.2) is 11.6 Å². The molecule has 0 spiro atoms. The van der Waals surface area contributed by atoms with Crippen LogP contribution in [0.2, 0.25) is 5.02 Å². The molecule has 2 aliphatic carbocycles. The van der Waals surface area contributed by atoms with Crippen LogP contribution in [0.4, 0.5) is 0 Å². The van der Waals surface area contributed by atoms with Crippen molar-refractivity contribution in [3.8, 4) is 0 Å². The van der Waals surface area contributed by atoms with E-state index in [0.29, 0.717) is 17.0 Å². The van der Waals surface area contributed by atoms with Crippen molar-refractivity contribution in [3.05, 3.63) is 94.6 Å². The molecule has 1 heterocycles. The molecule has 0 amide bonds. The van der Waals surface area contributed by atoms with Crippen LogP contribution in [-0.2, 0) is 0 Å². The van der Waals surface area contributed by atoms with Crippen molar-refractivity contribution in [1.82, 2.24) is 4.98 Å². The summed E-state index contributed by atoms with van der Waals surface area (Å²) in [5, 5.41) is 1.11. The number of pyridine rings is 1. The fourth-order valence-electron chi connectivity index (χ4n) is 5.23. The Morgan fingerprint density at radius 2 is 1.44 bits per heavy atom. The van der Waals surface area contributed by atoms with Crippen LogP contribution in [0.3, 0.4) is 0 Å². The third-order valence-corrected chi connectivity index (χ3v) is 8.35. The molecule has 162 valence electrons. The predicted molar refractivity (Wildman–Crippen MR) is 129 cm³/mol. The summed E-state index contributed by atoms with van der Waals surface area (Å²) in [6, 6.07) is 21.1. The lowest BCUT2D eigenvalue weighted by Crippen LogP contribution is -2.43. The molecule has 5 rings (SSSR count). The van der Waals surface area contributed by atoms with Crippen LogP contribution in [-0.4, -0.2) is 21.8 Å². The predicted octanol–water partition coefficient (Wildman–Crippen LogP) is 6.87. The van der Waals surface area contributed by atoms with E-state index in [1.165, 1.54) is 17.3 Å². The SMILES string of the molecule is O=C1c2ccccc2C(=O)[C@@H](C2CCC(c3ccc(Cl)cc3)CC2)[C@H]1Sc1ccccn1. The highest BCUT2D eigenvalue weighted by Crippen LogP contribution is 2.46. The maximum Gasteiger partial charge on any atom is 0.177 e. The standard InChI is InChI=1S/C27H24ClNO2S/c28-20-14-12-18(13-15-20)17-8-10-19(11-9-17)24-25(30)21-5-1-2-6-22(21)26(31)27(24)32-23-7-3-4-16-29-23/h1-7,12-17,19,24,27H,8-11H2/t17?,19?,24-,27-/m1/s1. The third-order valence-electron chi connectivity index (χ3n) is 6.85. The van der Waals surface area contributed by atoms with Gasteiger partial charge >= 0.3 is 0 Å². The van der Waals surface area contributed by atoms with Gasteiger partial charge in [0.05, 0.1) is 10.3 Å². The van der Waals surface area contributed by atoms with Gasteiger partial charge in [-0.25, -0.2) is 4.98 Å². The van der Waals surface area contributed by atoms with Crippen molar-refractivity contribution in [3.63, 3.8) is 0 Å². The van der Waals surface area contributed by atoms with Crippen molar-refractivity contribution in [1.29, 1.82) is 0 Å². The van der Waals surface area contributed by atoms with Gasteiger partial charge in [-0.05, 0) is 67.3 Å². The number of nitrogens with zero attached hydrogens (tertiary/aromatic N) is 1. The molecule has 0 aliphatic heterocycles. The minimum atomic E-state index is -0.426. The smallest absolute Gasteiger partial charge is 0.177 e. The minimum absolute atomic E-state index is 0.0562. The van der Waals surface area contributed by atoms with Crippen LogP contribution in [0, 0.1) is 11.8 Å². The Hall–Kier alpha value is -2.43. The number of Topliss-reactive ketones (excluding diaryl/α,β-unsaturated/α-hetero) is 2. The number of hydrogen-bond donors (Lipinski definition) is 0. The summed E-state index contributed by atoms with van der Waals surface area (Å²) in [6.45, 7) is 0. The number of hydrogen-bond acceptors (Lipinski definition) is 4. The van der Waals surface area contributed by atoms with Crippen LogP contribution in [0.1, 0.15) is 57.9 Å². The van der Waals surface area contributed by atoms with E-state index in [1.807, 2.05) is 48.5 Å². The highest BCUT2D eigenvalue weighted by atomic mass is 35.5. The summed E-state index contributed by atoms with van der Waals surface area (Å²) in [4.78, 5) is 31.6. The highest BCUT2D eigenvalue weighted by molar-refractivity contribution is 8.00. The molecule has 0 unspecified atom stereocenters. The van der Waals surface area contributed by atoms with Gasteiger partial charge in [0.2, 0.25) is 0 Å². The van der Waals surface area contributed by atoms with Gasteiger partial charge in [-0.2, -0.15) is 0 Å². The summed E-state index contributed by atoms with van der Waals surface area (Å²) in [5.74, 6) is 0.538. The molecule has 0 saturated heterocycles. The average molecular weight is 462 g/mol. The quantitative estimate of drug-likeness (QED) is 0.425. The summed E-state index contributed by atoms with van der Waals surface area (Å²) in [6.07, 6.45) is 5.66. The van der Waals surface area contributed by atoms with Gasteiger partial charge in [-0.3, -0.25) is 9.59 Å². The first-order valence-electron chi connectivity index (χ1n) is 11.1. The lowest BCUT2D eigenvalue weighted by molar-refractivity contribution is 0.0753. The van der Waals surface area contributed by atoms with Crippen LogP contribution in [0.25, 0.3) is 0 Å². The van der Waals surface area contributed by atoms with E-state index >= 15 is 0 Å². The number of benzene rings is 2. The van der Waals surface area contributed by atoms with Crippen molar-refractivity contribution < 1.29 is 9.59 Å². The molecule has 0 N–H and O–H groups in total. The molecular weight excluding hydrogens is 438 g/mol. The number of carbonyl (C=O) groups excluding carboxylic acids is 2. The molecular formula is C27H24ClNO2S. The number of ketones is 2. The zero-order valence-electron chi connectivity index (χ0n) is 17.6. The average Bonchev–Trinajstić information content (AvgIpc) is 2.84. The Morgan fingerprint density at radius 1 is 0.781 bits per heavy atom. The van der Waals surface area contributed by atoms with E-state index < -0.39 is 5.25 Å². The van der Waals surface area contributed by atoms with Gasteiger partial charge in [0.1, 0.15) is 0 Å². The summed E-state index contributed by atoms with van der Waals surface area (Å²) in [5.41, 5.74) is 2.45. The Kier molecular flexibility index (Phi) is 6.16. The van der Waals surface area contributed by atoms with E-state index in [-0.39, 0.29) is 23.4 Å². The Balaban J connectivity index is 1.42. The number of thioether (sulfide) groups is 1. The first-order valence-corrected chi connectivity index (χ1v) is 12.4. The molecule has 5 heteroatoms. The molecule has 32 heavy (non-hydrogen) atoms. The van der Waals surface area contributed by atoms with E-state index in [1.54, 1.807) is 12.3 Å². The second-order valence-corrected chi connectivity index (χ2v) is 10.3. The molecule has 1 aromatic heterocycles. The second-order valence-electron chi connectivity index (χ2n) is 8.67. The second kappa shape index (κ2) is 9.21. The maximum absolute atomic E-state index is 13.7. The number of rotatable bonds is 4. The Bertz CT molecular complexity index is 1120. The van der Waals surface area contributed by atoms with Crippen LogP contribution in [0.5, 0.6) is 0 Å². The highest BCUT2D eigenvalue weighted by Gasteiger charge is 2.46. The topological polar surface area (TPSA) is 47.0 Å². The fraction of sp³-hybridized carbons (Fsp3) is 0.296. The first-order chi connectivity index (χ1) is 15.6. The summed E-state index contributed by atoms with van der Waals surface area (Å²) in [7, 11) is 0. The van der Waals surface area contributed by atoms with Crippen LogP contribution < -0.4 is 0 Å². The molecule has 0 radical (unpaired) electrons.